The number of aryl methyl sites for hydroxylation is 3. The van der Waals surface area contributed by atoms with Crippen LogP contribution < -0.4 is 0 Å². The SMILES string of the molecule is Cc1cccc(-c2nn(Cc3ccccc3C)c(-c3cccc(C)c3)c2Cl)c1. The standard InChI is InChI=1S/C25H23ClN2/c1-17-8-6-12-20(14-17)24-23(26)25(21-13-7-9-18(2)15-21)28(27-24)16-22-11-5-4-10-19(22)3/h4-15H,16H2,1-3H3. The van der Waals surface area contributed by atoms with Gasteiger partial charge in [-0.1, -0.05) is 83.4 Å². The van der Waals surface area contributed by atoms with Crippen molar-refractivity contribution in [3.8, 4) is 22.5 Å². The highest BCUT2D eigenvalue weighted by molar-refractivity contribution is 6.35. The second-order valence-corrected chi connectivity index (χ2v) is 7.71. The summed E-state index contributed by atoms with van der Waals surface area (Å²) in [6.07, 6.45) is 0. The fourth-order valence-corrected chi connectivity index (χ4v) is 3.90. The summed E-state index contributed by atoms with van der Waals surface area (Å²) in [6.45, 7) is 7.00. The summed E-state index contributed by atoms with van der Waals surface area (Å²) in [6, 6.07) is 25.2. The summed E-state index contributed by atoms with van der Waals surface area (Å²) in [5.74, 6) is 0. The quantitative estimate of drug-likeness (QED) is 0.375. The summed E-state index contributed by atoms with van der Waals surface area (Å²) in [5.41, 5.74) is 8.81. The topological polar surface area (TPSA) is 17.8 Å². The second-order valence-electron chi connectivity index (χ2n) is 7.33. The number of hydrogen-bond acceptors (Lipinski definition) is 1. The molecule has 0 spiro atoms. The minimum atomic E-state index is 0.682. The van der Waals surface area contributed by atoms with Crippen LogP contribution in [0.3, 0.4) is 0 Å². The number of benzene rings is 3. The predicted molar refractivity (Wildman–Crippen MR) is 118 cm³/mol. The highest BCUT2D eigenvalue weighted by Crippen LogP contribution is 2.37. The zero-order valence-electron chi connectivity index (χ0n) is 16.4. The van der Waals surface area contributed by atoms with Crippen molar-refractivity contribution in [1.82, 2.24) is 9.78 Å². The molecule has 3 heteroatoms. The molecule has 0 atom stereocenters. The van der Waals surface area contributed by atoms with E-state index in [1.165, 1.54) is 22.3 Å². The molecule has 28 heavy (non-hydrogen) atoms. The van der Waals surface area contributed by atoms with Crippen LogP contribution in [0.2, 0.25) is 5.02 Å². The number of hydrogen-bond donors (Lipinski definition) is 0. The fraction of sp³-hybridized carbons (Fsp3) is 0.160. The lowest BCUT2D eigenvalue weighted by Gasteiger charge is -2.11. The van der Waals surface area contributed by atoms with Crippen LogP contribution in [-0.4, -0.2) is 9.78 Å². The van der Waals surface area contributed by atoms with E-state index in [1.54, 1.807) is 0 Å². The maximum atomic E-state index is 6.93. The Morgan fingerprint density at radius 3 is 2.11 bits per heavy atom. The Kier molecular flexibility index (Phi) is 5.06. The van der Waals surface area contributed by atoms with Crippen molar-refractivity contribution < 1.29 is 0 Å². The van der Waals surface area contributed by atoms with Crippen LogP contribution in [0.25, 0.3) is 22.5 Å². The Labute approximate surface area is 171 Å². The van der Waals surface area contributed by atoms with Gasteiger partial charge in [-0.2, -0.15) is 5.10 Å². The lowest BCUT2D eigenvalue weighted by Crippen LogP contribution is -2.05. The highest BCUT2D eigenvalue weighted by atomic mass is 35.5. The van der Waals surface area contributed by atoms with Gasteiger partial charge in [0.2, 0.25) is 0 Å². The van der Waals surface area contributed by atoms with Gasteiger partial charge in [0.15, 0.2) is 0 Å². The molecule has 0 saturated heterocycles. The van der Waals surface area contributed by atoms with Crippen molar-refractivity contribution in [3.63, 3.8) is 0 Å². The summed E-state index contributed by atoms with van der Waals surface area (Å²) < 4.78 is 2.04. The summed E-state index contributed by atoms with van der Waals surface area (Å²) >= 11 is 6.93. The first kappa shape index (κ1) is 18.5. The van der Waals surface area contributed by atoms with Gasteiger partial charge in [-0.05, 0) is 44.0 Å². The van der Waals surface area contributed by atoms with Gasteiger partial charge in [0.25, 0.3) is 0 Å². The molecule has 3 aromatic carbocycles. The first-order valence-electron chi connectivity index (χ1n) is 9.48. The molecule has 0 bridgehead atoms. The van der Waals surface area contributed by atoms with Crippen LogP contribution in [0.15, 0.2) is 72.8 Å². The van der Waals surface area contributed by atoms with Gasteiger partial charge in [0.1, 0.15) is 5.69 Å². The third kappa shape index (κ3) is 3.61. The lowest BCUT2D eigenvalue weighted by molar-refractivity contribution is 0.694. The van der Waals surface area contributed by atoms with Crippen molar-refractivity contribution in [1.29, 1.82) is 0 Å². The third-order valence-electron chi connectivity index (χ3n) is 5.06. The van der Waals surface area contributed by atoms with Crippen LogP contribution >= 0.6 is 11.6 Å². The Morgan fingerprint density at radius 1 is 0.786 bits per heavy atom. The summed E-state index contributed by atoms with van der Waals surface area (Å²) in [7, 11) is 0. The lowest BCUT2D eigenvalue weighted by atomic mass is 10.1. The molecular formula is C25H23ClN2. The molecule has 0 aliphatic carbocycles. The van der Waals surface area contributed by atoms with Crippen LogP contribution in [-0.2, 0) is 6.54 Å². The Bertz CT molecular complexity index is 1140. The molecule has 0 aliphatic heterocycles. The number of nitrogens with zero attached hydrogens (tertiary/aromatic N) is 2. The van der Waals surface area contributed by atoms with E-state index < -0.39 is 0 Å². The van der Waals surface area contributed by atoms with E-state index in [0.29, 0.717) is 11.6 Å². The van der Waals surface area contributed by atoms with Gasteiger partial charge in [0, 0.05) is 11.1 Å². The van der Waals surface area contributed by atoms with E-state index in [9.17, 15) is 0 Å². The van der Waals surface area contributed by atoms with E-state index in [1.807, 2.05) is 10.7 Å². The Balaban J connectivity index is 1.90. The minimum absolute atomic E-state index is 0.682. The van der Waals surface area contributed by atoms with Crippen molar-refractivity contribution in [2.24, 2.45) is 0 Å². The van der Waals surface area contributed by atoms with Crippen LogP contribution in [0.4, 0.5) is 0 Å². The smallest absolute Gasteiger partial charge is 0.112 e. The monoisotopic (exact) mass is 386 g/mol. The molecule has 0 saturated carbocycles. The molecule has 2 nitrogen and oxygen atoms in total. The molecule has 4 aromatic rings. The summed E-state index contributed by atoms with van der Waals surface area (Å²) in [4.78, 5) is 0. The average molecular weight is 387 g/mol. The van der Waals surface area contributed by atoms with Crippen molar-refractivity contribution >= 4 is 11.6 Å². The van der Waals surface area contributed by atoms with Crippen molar-refractivity contribution in [2.45, 2.75) is 27.3 Å². The zero-order valence-corrected chi connectivity index (χ0v) is 17.2. The molecule has 1 aromatic heterocycles. The van der Waals surface area contributed by atoms with Crippen LogP contribution in [0.5, 0.6) is 0 Å². The molecule has 1 heterocycles. The van der Waals surface area contributed by atoms with E-state index in [-0.39, 0.29) is 0 Å². The van der Waals surface area contributed by atoms with Gasteiger partial charge in [-0.25, -0.2) is 0 Å². The first-order valence-corrected chi connectivity index (χ1v) is 9.85. The van der Waals surface area contributed by atoms with E-state index >= 15 is 0 Å². The van der Waals surface area contributed by atoms with E-state index in [4.69, 9.17) is 16.7 Å². The molecule has 140 valence electrons. The first-order chi connectivity index (χ1) is 13.5. The molecular weight excluding hydrogens is 364 g/mol. The van der Waals surface area contributed by atoms with Crippen molar-refractivity contribution in [3.05, 3.63) is 100 Å². The highest BCUT2D eigenvalue weighted by Gasteiger charge is 2.20. The molecule has 0 unspecified atom stereocenters. The largest absolute Gasteiger partial charge is 0.258 e. The Morgan fingerprint density at radius 2 is 1.43 bits per heavy atom. The van der Waals surface area contributed by atoms with Gasteiger partial charge < -0.3 is 0 Å². The number of halogens is 1. The fourth-order valence-electron chi connectivity index (χ4n) is 3.55. The average Bonchev–Trinajstić information content (AvgIpc) is 3.00. The minimum Gasteiger partial charge on any atom is -0.258 e. The van der Waals surface area contributed by atoms with Gasteiger partial charge in [-0.15, -0.1) is 0 Å². The van der Waals surface area contributed by atoms with Gasteiger partial charge >= 0.3 is 0 Å². The van der Waals surface area contributed by atoms with E-state index in [2.05, 4.69) is 87.5 Å². The number of aromatic nitrogens is 2. The van der Waals surface area contributed by atoms with E-state index in [0.717, 1.165) is 22.5 Å². The molecule has 4 rings (SSSR count). The molecule has 0 fully saturated rings. The number of rotatable bonds is 4. The molecule has 0 radical (unpaired) electrons. The second kappa shape index (κ2) is 7.65. The molecule has 0 amide bonds. The molecule has 0 aliphatic rings. The summed E-state index contributed by atoms with van der Waals surface area (Å²) in [5, 5.41) is 5.65. The zero-order chi connectivity index (χ0) is 19.7. The predicted octanol–water partition coefficient (Wildman–Crippen LogP) is 6.84. The third-order valence-corrected chi connectivity index (χ3v) is 5.42. The normalized spacial score (nSPS) is 11.0. The Hall–Kier alpha value is -2.84. The van der Waals surface area contributed by atoms with Crippen LogP contribution in [0.1, 0.15) is 22.3 Å². The van der Waals surface area contributed by atoms with Gasteiger partial charge in [0.05, 0.1) is 17.3 Å². The van der Waals surface area contributed by atoms with Gasteiger partial charge in [-0.3, -0.25) is 4.68 Å². The molecule has 0 N–H and O–H groups in total. The maximum absolute atomic E-state index is 6.93. The van der Waals surface area contributed by atoms with Crippen LogP contribution in [0, 0.1) is 20.8 Å². The van der Waals surface area contributed by atoms with Crippen molar-refractivity contribution in [2.75, 3.05) is 0 Å². The maximum Gasteiger partial charge on any atom is 0.112 e.